The number of piperidine rings is 1. The van der Waals surface area contributed by atoms with E-state index in [-0.39, 0.29) is 35.0 Å². The first kappa shape index (κ1) is 28.5. The van der Waals surface area contributed by atoms with Crippen molar-refractivity contribution >= 4 is 34.5 Å². The molecule has 0 radical (unpaired) electrons. The first-order valence-corrected chi connectivity index (χ1v) is 12.5. The Labute approximate surface area is 222 Å². The number of ether oxygens (including phenoxy) is 1. The number of fused-ring (bicyclic) bond motifs is 1. The second kappa shape index (κ2) is 9.99. The summed E-state index contributed by atoms with van der Waals surface area (Å²) in [6, 6.07) is 1.59. The van der Waals surface area contributed by atoms with Crippen LogP contribution in [-0.2, 0) is 22.2 Å². The minimum Gasteiger partial charge on any atom is -0.444 e. The van der Waals surface area contributed by atoms with Gasteiger partial charge in [0.2, 0.25) is 5.91 Å². The van der Waals surface area contributed by atoms with Crippen LogP contribution in [0.1, 0.15) is 71.2 Å². The van der Waals surface area contributed by atoms with Crippen LogP contribution < -0.4 is 10.9 Å². The van der Waals surface area contributed by atoms with E-state index in [4.69, 9.17) is 16.3 Å². The fourth-order valence-electron chi connectivity index (χ4n) is 4.38. The Morgan fingerprint density at radius 2 is 1.81 bits per heavy atom. The van der Waals surface area contributed by atoms with Crippen LogP contribution in [0.3, 0.4) is 0 Å². The smallest absolute Gasteiger partial charge is 0.408 e. The standard InChI is InChI=1S/C27H35ClN4O5/c1-16-18(9-10-26(6,7)30-24(35)37-25(3,4)5)21-19(22(28)29-16)15-20(23(34)31(21)8)27(36)11-13-32(14-12-27)17(2)33/h15,36H,11-14H2,1-8H3,(H,30,35). The van der Waals surface area contributed by atoms with Crippen LogP contribution in [-0.4, -0.2) is 55.8 Å². The van der Waals surface area contributed by atoms with Gasteiger partial charge in [0.1, 0.15) is 10.8 Å². The number of amides is 2. The van der Waals surface area contributed by atoms with Crippen molar-refractivity contribution in [2.45, 2.75) is 78.0 Å². The Balaban J connectivity index is 2.08. The zero-order valence-electron chi connectivity index (χ0n) is 22.7. The zero-order chi connectivity index (χ0) is 27.9. The Kier molecular flexibility index (Phi) is 7.69. The molecule has 0 atom stereocenters. The molecule has 0 spiro atoms. The fourth-order valence-corrected chi connectivity index (χ4v) is 4.66. The average Bonchev–Trinajstić information content (AvgIpc) is 2.74. The summed E-state index contributed by atoms with van der Waals surface area (Å²) in [5.41, 5.74) is -1.66. The van der Waals surface area contributed by atoms with Gasteiger partial charge in [-0.15, -0.1) is 0 Å². The number of nitrogens with zero attached hydrogens (tertiary/aromatic N) is 3. The van der Waals surface area contributed by atoms with Crippen LogP contribution in [0.4, 0.5) is 4.79 Å². The van der Waals surface area contributed by atoms with Crippen LogP contribution in [0.25, 0.3) is 10.9 Å². The number of halogens is 1. The summed E-state index contributed by atoms with van der Waals surface area (Å²) in [6.45, 7) is 12.7. The predicted molar refractivity (Wildman–Crippen MR) is 142 cm³/mol. The van der Waals surface area contributed by atoms with Gasteiger partial charge in [-0.05, 0) is 60.5 Å². The summed E-state index contributed by atoms with van der Waals surface area (Å²) in [4.78, 5) is 43.6. The van der Waals surface area contributed by atoms with E-state index < -0.39 is 22.8 Å². The van der Waals surface area contributed by atoms with Crippen molar-refractivity contribution < 1.29 is 19.4 Å². The van der Waals surface area contributed by atoms with Crippen molar-refractivity contribution in [1.82, 2.24) is 19.8 Å². The lowest BCUT2D eigenvalue weighted by atomic mass is 9.84. The molecule has 0 aliphatic carbocycles. The molecule has 10 heteroatoms. The van der Waals surface area contributed by atoms with Gasteiger partial charge in [-0.2, -0.15) is 0 Å². The van der Waals surface area contributed by atoms with E-state index in [1.54, 1.807) is 59.6 Å². The minimum absolute atomic E-state index is 0.0662. The van der Waals surface area contributed by atoms with Crippen molar-refractivity contribution in [3.05, 3.63) is 38.4 Å². The third-order valence-corrected chi connectivity index (χ3v) is 6.64. The van der Waals surface area contributed by atoms with E-state index in [0.29, 0.717) is 35.2 Å². The molecule has 9 nitrogen and oxygen atoms in total. The van der Waals surface area contributed by atoms with E-state index in [9.17, 15) is 19.5 Å². The van der Waals surface area contributed by atoms with E-state index in [1.807, 2.05) is 0 Å². The molecule has 1 aliphatic rings. The van der Waals surface area contributed by atoms with Crippen molar-refractivity contribution in [3.8, 4) is 11.8 Å². The number of alkyl carbamates (subject to hydrolysis) is 1. The van der Waals surface area contributed by atoms with Crippen LogP contribution in [0.5, 0.6) is 0 Å². The number of carbonyl (C=O) groups is 2. The summed E-state index contributed by atoms with van der Waals surface area (Å²) >= 11 is 6.52. The highest BCUT2D eigenvalue weighted by molar-refractivity contribution is 6.34. The topological polar surface area (TPSA) is 114 Å². The Hall–Kier alpha value is -3.09. The lowest BCUT2D eigenvalue weighted by Crippen LogP contribution is -2.47. The molecule has 2 N–H and O–H groups in total. The van der Waals surface area contributed by atoms with Crippen molar-refractivity contribution in [2.75, 3.05) is 13.1 Å². The van der Waals surface area contributed by atoms with Crippen molar-refractivity contribution in [1.29, 1.82) is 0 Å². The molecule has 3 heterocycles. The van der Waals surface area contributed by atoms with Crippen LogP contribution in [0.2, 0.25) is 5.15 Å². The molecule has 2 aromatic heterocycles. The van der Waals surface area contributed by atoms with Crippen LogP contribution in [0.15, 0.2) is 10.9 Å². The van der Waals surface area contributed by atoms with Gasteiger partial charge in [0, 0.05) is 38.0 Å². The maximum atomic E-state index is 13.5. The highest BCUT2D eigenvalue weighted by Gasteiger charge is 2.38. The van der Waals surface area contributed by atoms with Gasteiger partial charge in [0.15, 0.2) is 0 Å². The third-order valence-electron chi connectivity index (χ3n) is 6.35. The largest absolute Gasteiger partial charge is 0.444 e. The molecule has 2 aromatic rings. The number of carbonyl (C=O) groups excluding carboxylic acids is 2. The van der Waals surface area contributed by atoms with E-state index >= 15 is 0 Å². The number of aryl methyl sites for hydroxylation is 2. The highest BCUT2D eigenvalue weighted by atomic mass is 35.5. The number of rotatable bonds is 2. The molecule has 0 bridgehead atoms. The molecule has 0 unspecified atom stereocenters. The molecule has 200 valence electrons. The average molecular weight is 531 g/mol. The number of hydrogen-bond acceptors (Lipinski definition) is 6. The summed E-state index contributed by atoms with van der Waals surface area (Å²) in [7, 11) is 1.60. The molecular weight excluding hydrogens is 496 g/mol. The molecule has 37 heavy (non-hydrogen) atoms. The van der Waals surface area contributed by atoms with Crippen LogP contribution >= 0.6 is 11.6 Å². The van der Waals surface area contributed by atoms with Gasteiger partial charge in [0.25, 0.3) is 5.56 Å². The quantitative estimate of drug-likeness (QED) is 0.454. The molecule has 1 aliphatic heterocycles. The van der Waals surface area contributed by atoms with E-state index in [2.05, 4.69) is 22.1 Å². The van der Waals surface area contributed by atoms with Gasteiger partial charge in [-0.1, -0.05) is 23.4 Å². The molecule has 2 amide bonds. The van der Waals surface area contributed by atoms with Gasteiger partial charge < -0.3 is 24.6 Å². The summed E-state index contributed by atoms with van der Waals surface area (Å²) in [5, 5.41) is 14.8. The number of aliphatic hydroxyl groups is 1. The number of likely N-dealkylation sites (tertiary alicyclic amines) is 1. The van der Waals surface area contributed by atoms with Gasteiger partial charge in [-0.25, -0.2) is 9.78 Å². The van der Waals surface area contributed by atoms with Crippen molar-refractivity contribution in [2.24, 2.45) is 7.05 Å². The van der Waals surface area contributed by atoms with Gasteiger partial charge >= 0.3 is 6.09 Å². The molecule has 1 fully saturated rings. The van der Waals surface area contributed by atoms with Crippen molar-refractivity contribution in [3.63, 3.8) is 0 Å². The number of pyridine rings is 2. The maximum Gasteiger partial charge on any atom is 0.408 e. The minimum atomic E-state index is -1.39. The number of aromatic nitrogens is 2. The normalized spacial score (nSPS) is 15.7. The molecule has 3 rings (SSSR count). The molecular formula is C27H35ClN4O5. The van der Waals surface area contributed by atoms with Gasteiger partial charge in [-0.3, -0.25) is 9.59 Å². The molecule has 1 saturated heterocycles. The summed E-state index contributed by atoms with van der Waals surface area (Å²) < 4.78 is 6.76. The second-order valence-corrected chi connectivity index (χ2v) is 11.4. The maximum absolute atomic E-state index is 13.5. The van der Waals surface area contributed by atoms with Gasteiger partial charge in [0.05, 0.1) is 27.9 Å². The Morgan fingerprint density at radius 3 is 2.35 bits per heavy atom. The first-order valence-electron chi connectivity index (χ1n) is 12.2. The third kappa shape index (κ3) is 6.25. The van der Waals surface area contributed by atoms with E-state index in [0.717, 1.165) is 0 Å². The summed E-state index contributed by atoms with van der Waals surface area (Å²) in [6.07, 6.45) is -0.119. The molecule has 0 aromatic carbocycles. The predicted octanol–water partition coefficient (Wildman–Crippen LogP) is 3.38. The van der Waals surface area contributed by atoms with Crippen LogP contribution in [0, 0.1) is 18.8 Å². The Morgan fingerprint density at radius 1 is 1.22 bits per heavy atom. The molecule has 0 saturated carbocycles. The Bertz CT molecular complexity index is 1370. The monoisotopic (exact) mass is 530 g/mol. The fraction of sp³-hybridized carbons (Fsp3) is 0.556. The lowest BCUT2D eigenvalue weighted by Gasteiger charge is -2.38. The SMILES string of the molecule is CC(=O)N1CCC(O)(c2cc3c(Cl)nc(C)c(C#CC(C)(C)NC(=O)OC(C)(C)C)c3n(C)c2=O)CC1. The lowest BCUT2D eigenvalue weighted by molar-refractivity contribution is -0.133. The number of hydrogen-bond donors (Lipinski definition) is 2. The summed E-state index contributed by atoms with van der Waals surface area (Å²) in [5.74, 6) is 6.06. The second-order valence-electron chi connectivity index (χ2n) is 11.1. The first-order chi connectivity index (χ1) is 16.9. The van der Waals surface area contributed by atoms with E-state index in [1.165, 1.54) is 11.5 Å². The zero-order valence-corrected chi connectivity index (χ0v) is 23.5. The number of nitrogens with one attached hydrogen (secondary N) is 1. The highest BCUT2D eigenvalue weighted by Crippen LogP contribution is 2.34.